The Morgan fingerprint density at radius 2 is 2.03 bits per heavy atom. The van der Waals surface area contributed by atoms with Gasteiger partial charge in [0.25, 0.3) is 5.91 Å². The minimum atomic E-state index is -0.152. The molecule has 0 bridgehead atoms. The second kappa shape index (κ2) is 8.88. The first-order valence-electron chi connectivity index (χ1n) is 9.65. The molecule has 3 aromatic heterocycles. The second-order valence-corrected chi connectivity index (χ2v) is 8.55. The van der Waals surface area contributed by atoms with E-state index in [-0.39, 0.29) is 11.9 Å². The van der Waals surface area contributed by atoms with Crippen LogP contribution in [0.3, 0.4) is 0 Å². The van der Waals surface area contributed by atoms with Gasteiger partial charge in [0, 0.05) is 23.5 Å². The standard InChI is InChI=1S/C21H22ClN5OS/c1-13-6-7-16(12-24-13)26-19-17(22)10-15(11-25-19)18(14-4-2-3-5-14)27-20(28)21-23-8-9-29-21/h6-12,14,18H,2-5H2,1H3,(H,25,26)(H,27,28)/t18-/m1/s1. The summed E-state index contributed by atoms with van der Waals surface area (Å²) in [7, 11) is 0. The summed E-state index contributed by atoms with van der Waals surface area (Å²) in [6.07, 6.45) is 9.69. The van der Waals surface area contributed by atoms with Crippen molar-refractivity contribution >= 4 is 40.4 Å². The molecule has 6 nitrogen and oxygen atoms in total. The molecule has 0 spiro atoms. The van der Waals surface area contributed by atoms with Crippen molar-refractivity contribution in [2.45, 2.75) is 38.6 Å². The highest BCUT2D eigenvalue weighted by molar-refractivity contribution is 7.11. The topological polar surface area (TPSA) is 79.8 Å². The molecule has 1 atom stereocenters. The highest BCUT2D eigenvalue weighted by Crippen LogP contribution is 2.37. The molecule has 2 N–H and O–H groups in total. The van der Waals surface area contributed by atoms with Crippen molar-refractivity contribution in [3.8, 4) is 0 Å². The first kappa shape index (κ1) is 19.8. The third-order valence-corrected chi connectivity index (χ3v) is 6.24. The zero-order valence-electron chi connectivity index (χ0n) is 16.1. The van der Waals surface area contributed by atoms with E-state index in [9.17, 15) is 4.79 Å². The third kappa shape index (κ3) is 4.74. The van der Waals surface area contributed by atoms with Gasteiger partial charge in [0.2, 0.25) is 0 Å². The number of hydrogen-bond donors (Lipinski definition) is 2. The van der Waals surface area contributed by atoms with Crippen LogP contribution in [0.1, 0.15) is 52.8 Å². The van der Waals surface area contributed by atoms with Crippen LogP contribution in [-0.2, 0) is 0 Å². The van der Waals surface area contributed by atoms with Crippen LogP contribution in [0, 0.1) is 12.8 Å². The van der Waals surface area contributed by atoms with Crippen molar-refractivity contribution in [2.24, 2.45) is 5.92 Å². The molecule has 3 heterocycles. The van der Waals surface area contributed by atoms with Crippen molar-refractivity contribution in [2.75, 3.05) is 5.32 Å². The molecular formula is C21H22ClN5OS. The summed E-state index contributed by atoms with van der Waals surface area (Å²) in [5.74, 6) is 0.787. The lowest BCUT2D eigenvalue weighted by Gasteiger charge is -2.25. The monoisotopic (exact) mass is 427 g/mol. The van der Waals surface area contributed by atoms with Gasteiger partial charge in [0.1, 0.15) is 5.82 Å². The second-order valence-electron chi connectivity index (χ2n) is 7.25. The summed E-state index contributed by atoms with van der Waals surface area (Å²) in [4.78, 5) is 25.6. The average Bonchev–Trinajstić information content (AvgIpc) is 3.43. The van der Waals surface area contributed by atoms with Gasteiger partial charge in [-0.1, -0.05) is 24.4 Å². The fourth-order valence-electron chi connectivity index (χ4n) is 3.70. The largest absolute Gasteiger partial charge is 0.343 e. The first-order valence-corrected chi connectivity index (χ1v) is 10.9. The quantitative estimate of drug-likeness (QED) is 0.558. The molecule has 29 heavy (non-hydrogen) atoms. The molecule has 0 aliphatic heterocycles. The zero-order valence-corrected chi connectivity index (χ0v) is 17.6. The van der Waals surface area contributed by atoms with E-state index in [1.165, 1.54) is 24.2 Å². The zero-order chi connectivity index (χ0) is 20.2. The van der Waals surface area contributed by atoms with Crippen molar-refractivity contribution in [1.29, 1.82) is 0 Å². The smallest absolute Gasteiger partial charge is 0.280 e. The van der Waals surface area contributed by atoms with E-state index in [0.717, 1.165) is 29.8 Å². The number of hydrogen-bond acceptors (Lipinski definition) is 6. The summed E-state index contributed by atoms with van der Waals surface area (Å²) in [5, 5.41) is 9.14. The number of halogens is 1. The summed E-state index contributed by atoms with van der Waals surface area (Å²) in [6, 6.07) is 5.62. The summed E-state index contributed by atoms with van der Waals surface area (Å²) in [5.41, 5.74) is 2.68. The molecule has 3 aromatic rings. The van der Waals surface area contributed by atoms with Crippen LogP contribution in [0.2, 0.25) is 5.02 Å². The number of carbonyl (C=O) groups is 1. The Kier molecular flexibility index (Phi) is 6.06. The fraction of sp³-hybridized carbons (Fsp3) is 0.333. The van der Waals surface area contributed by atoms with E-state index in [1.807, 2.05) is 25.1 Å². The summed E-state index contributed by atoms with van der Waals surface area (Å²) in [6.45, 7) is 1.94. The maximum Gasteiger partial charge on any atom is 0.280 e. The van der Waals surface area contributed by atoms with Gasteiger partial charge in [0.05, 0.1) is 22.9 Å². The number of aromatic nitrogens is 3. The van der Waals surface area contributed by atoms with Crippen LogP contribution in [0.4, 0.5) is 11.5 Å². The lowest BCUT2D eigenvalue weighted by Crippen LogP contribution is -2.32. The van der Waals surface area contributed by atoms with Crippen LogP contribution in [0.15, 0.2) is 42.2 Å². The van der Waals surface area contributed by atoms with Gasteiger partial charge in [-0.05, 0) is 49.4 Å². The maximum atomic E-state index is 12.6. The molecule has 1 fully saturated rings. The van der Waals surface area contributed by atoms with Crippen LogP contribution in [0.25, 0.3) is 0 Å². The van der Waals surface area contributed by atoms with Crippen molar-refractivity contribution in [1.82, 2.24) is 20.3 Å². The fourth-order valence-corrected chi connectivity index (χ4v) is 4.46. The molecule has 1 saturated carbocycles. The third-order valence-electron chi connectivity index (χ3n) is 5.18. The van der Waals surface area contributed by atoms with Gasteiger partial charge in [-0.15, -0.1) is 11.3 Å². The predicted octanol–water partition coefficient (Wildman–Crippen LogP) is 5.30. The van der Waals surface area contributed by atoms with Crippen molar-refractivity contribution < 1.29 is 4.79 Å². The Hall–Kier alpha value is -2.51. The number of carbonyl (C=O) groups excluding carboxylic acids is 1. The van der Waals surface area contributed by atoms with E-state index in [0.29, 0.717) is 21.8 Å². The lowest BCUT2D eigenvalue weighted by atomic mass is 9.92. The molecule has 1 aliphatic rings. The molecule has 0 radical (unpaired) electrons. The Morgan fingerprint density at radius 3 is 2.69 bits per heavy atom. The SMILES string of the molecule is Cc1ccc(Nc2ncc([C@H](NC(=O)c3nccs3)C3CCCC3)cc2Cl)cn1. The number of pyridine rings is 2. The average molecular weight is 428 g/mol. The molecule has 8 heteroatoms. The Labute approximate surface area is 178 Å². The highest BCUT2D eigenvalue weighted by atomic mass is 35.5. The minimum Gasteiger partial charge on any atom is -0.343 e. The Bertz CT molecular complexity index is 971. The summed E-state index contributed by atoms with van der Waals surface area (Å²) >= 11 is 7.87. The first-order chi connectivity index (χ1) is 14.1. The number of anilines is 2. The van der Waals surface area contributed by atoms with Gasteiger partial charge in [-0.3, -0.25) is 9.78 Å². The van der Waals surface area contributed by atoms with Crippen molar-refractivity contribution in [3.05, 3.63) is 63.5 Å². The molecule has 0 unspecified atom stereocenters. The van der Waals surface area contributed by atoms with E-state index in [1.54, 1.807) is 24.0 Å². The van der Waals surface area contributed by atoms with Gasteiger partial charge in [-0.25, -0.2) is 9.97 Å². The number of aryl methyl sites for hydroxylation is 1. The van der Waals surface area contributed by atoms with E-state index in [4.69, 9.17) is 11.6 Å². The van der Waals surface area contributed by atoms with Crippen LogP contribution in [-0.4, -0.2) is 20.9 Å². The van der Waals surface area contributed by atoms with Crippen LogP contribution >= 0.6 is 22.9 Å². The van der Waals surface area contributed by atoms with Gasteiger partial charge < -0.3 is 10.6 Å². The van der Waals surface area contributed by atoms with Crippen LogP contribution in [0.5, 0.6) is 0 Å². The van der Waals surface area contributed by atoms with Crippen molar-refractivity contribution in [3.63, 3.8) is 0 Å². The van der Waals surface area contributed by atoms with Crippen LogP contribution < -0.4 is 10.6 Å². The molecule has 4 rings (SSSR count). The number of thiazole rings is 1. The molecule has 1 amide bonds. The number of amides is 1. The molecule has 1 aliphatic carbocycles. The predicted molar refractivity (Wildman–Crippen MR) is 116 cm³/mol. The summed E-state index contributed by atoms with van der Waals surface area (Å²) < 4.78 is 0. The molecule has 0 aromatic carbocycles. The van der Waals surface area contributed by atoms with E-state index >= 15 is 0 Å². The lowest BCUT2D eigenvalue weighted by molar-refractivity contribution is 0.0921. The van der Waals surface area contributed by atoms with E-state index in [2.05, 4.69) is 25.6 Å². The number of rotatable bonds is 6. The maximum absolute atomic E-state index is 12.6. The molecule has 0 saturated heterocycles. The normalized spacial score (nSPS) is 15.2. The van der Waals surface area contributed by atoms with Gasteiger partial charge >= 0.3 is 0 Å². The Balaban J connectivity index is 1.56. The Morgan fingerprint density at radius 1 is 1.21 bits per heavy atom. The number of nitrogens with one attached hydrogen (secondary N) is 2. The highest BCUT2D eigenvalue weighted by Gasteiger charge is 2.29. The molecule has 150 valence electrons. The van der Waals surface area contributed by atoms with Gasteiger partial charge in [0.15, 0.2) is 5.01 Å². The minimum absolute atomic E-state index is 0.131. The molecular weight excluding hydrogens is 406 g/mol. The van der Waals surface area contributed by atoms with Gasteiger partial charge in [-0.2, -0.15) is 0 Å². The number of nitrogens with zero attached hydrogens (tertiary/aromatic N) is 3. The van der Waals surface area contributed by atoms with E-state index < -0.39 is 0 Å².